The predicted molar refractivity (Wildman–Crippen MR) is 194 cm³/mol. The number of nitrogens with zero attached hydrogens (tertiary/aromatic N) is 4. The molecule has 11 heteroatoms. The fraction of sp³-hybridized carbons (Fsp3) is 0.324. The van der Waals surface area contributed by atoms with Gasteiger partial charge >= 0.3 is 5.69 Å². The maximum atomic E-state index is 14.3. The summed E-state index contributed by atoms with van der Waals surface area (Å²) in [6, 6.07) is 16.9. The molecule has 4 aromatic rings. The molecular weight excluding hydrogens is 645 g/mol. The van der Waals surface area contributed by atoms with Crippen LogP contribution in [-0.2, 0) is 35.4 Å². The Labute approximate surface area is 287 Å². The summed E-state index contributed by atoms with van der Waals surface area (Å²) in [5, 5.41) is 15.7. The Morgan fingerprint density at radius 3 is 2.38 bits per heavy atom. The summed E-state index contributed by atoms with van der Waals surface area (Å²) in [5.41, 5.74) is 7.76. The van der Waals surface area contributed by atoms with Gasteiger partial charge in [-0.2, -0.15) is 0 Å². The molecule has 0 fully saturated rings. The molecule has 0 spiro atoms. The van der Waals surface area contributed by atoms with Crippen molar-refractivity contribution in [2.24, 2.45) is 0 Å². The van der Waals surface area contributed by atoms with E-state index in [1.807, 2.05) is 32.3 Å². The molecule has 2 aliphatic heterocycles. The third-order valence-corrected chi connectivity index (χ3v) is 11.5. The van der Waals surface area contributed by atoms with Gasteiger partial charge in [-0.15, -0.1) is 0 Å². The van der Waals surface area contributed by atoms with Crippen molar-refractivity contribution in [3.05, 3.63) is 108 Å². The molecule has 248 valence electrons. The van der Waals surface area contributed by atoms with E-state index in [4.69, 9.17) is 9.47 Å². The fourth-order valence-corrected chi connectivity index (χ4v) is 9.00. The van der Waals surface area contributed by atoms with Crippen molar-refractivity contribution >= 4 is 51.2 Å². The maximum absolute atomic E-state index is 14.3. The number of hydrogen-bond donors (Lipinski definition) is 1. The SMILES string of the molecule is COCCn1c(O)c(C(=C=C2Sc3ccc4c(c3N2C)CCCC4)C=C2Sc3ccc4ccccc4c3N2C)c(=O)n(CCOC)c1=O. The van der Waals surface area contributed by atoms with Gasteiger partial charge in [0.25, 0.3) is 5.56 Å². The molecule has 3 aromatic carbocycles. The molecule has 48 heavy (non-hydrogen) atoms. The van der Waals surface area contributed by atoms with Crippen LogP contribution in [0.5, 0.6) is 5.88 Å². The monoisotopic (exact) mass is 682 g/mol. The van der Waals surface area contributed by atoms with E-state index in [-0.39, 0.29) is 31.9 Å². The minimum Gasteiger partial charge on any atom is -0.494 e. The van der Waals surface area contributed by atoms with Gasteiger partial charge in [-0.25, -0.2) is 4.79 Å². The zero-order valence-corrected chi connectivity index (χ0v) is 29.2. The first-order valence-corrected chi connectivity index (χ1v) is 17.7. The van der Waals surface area contributed by atoms with Crippen LogP contribution in [-0.4, -0.2) is 55.8 Å². The van der Waals surface area contributed by atoms with Gasteiger partial charge in [0.2, 0.25) is 5.88 Å². The van der Waals surface area contributed by atoms with E-state index in [1.54, 1.807) is 23.5 Å². The van der Waals surface area contributed by atoms with Crippen molar-refractivity contribution in [3.8, 4) is 5.88 Å². The van der Waals surface area contributed by atoms with Crippen LogP contribution >= 0.6 is 23.5 Å². The molecule has 3 aliphatic rings. The van der Waals surface area contributed by atoms with Crippen LogP contribution in [0, 0.1) is 0 Å². The Morgan fingerprint density at radius 1 is 0.875 bits per heavy atom. The summed E-state index contributed by atoms with van der Waals surface area (Å²) in [7, 11) is 7.10. The molecule has 0 bridgehead atoms. The van der Waals surface area contributed by atoms with Crippen molar-refractivity contribution in [3.63, 3.8) is 0 Å². The summed E-state index contributed by atoms with van der Waals surface area (Å²) in [4.78, 5) is 34.3. The second-order valence-corrected chi connectivity index (χ2v) is 14.2. The van der Waals surface area contributed by atoms with Gasteiger partial charge in [-0.3, -0.25) is 13.9 Å². The largest absolute Gasteiger partial charge is 0.494 e. The normalized spacial score (nSPS) is 16.0. The van der Waals surface area contributed by atoms with Gasteiger partial charge in [0, 0.05) is 49.1 Å². The Hall–Kier alpha value is -4.12. The number of fused-ring (bicyclic) bond motifs is 6. The molecule has 0 saturated heterocycles. The maximum Gasteiger partial charge on any atom is 0.333 e. The van der Waals surface area contributed by atoms with Crippen LogP contribution in [0.2, 0.25) is 0 Å². The lowest BCUT2D eigenvalue weighted by Crippen LogP contribution is -2.42. The highest BCUT2D eigenvalue weighted by Crippen LogP contribution is 2.51. The number of allylic oxidation sites excluding steroid dienone is 2. The molecular formula is C37H38N4O5S2. The van der Waals surface area contributed by atoms with Gasteiger partial charge < -0.3 is 24.4 Å². The quantitative estimate of drug-likeness (QED) is 0.219. The Balaban J connectivity index is 1.46. The lowest BCUT2D eigenvalue weighted by atomic mass is 9.90. The minimum absolute atomic E-state index is 0.00334. The van der Waals surface area contributed by atoms with Gasteiger partial charge in [0.15, 0.2) is 0 Å². The van der Waals surface area contributed by atoms with Gasteiger partial charge in [0.05, 0.1) is 42.7 Å². The van der Waals surface area contributed by atoms with E-state index in [0.29, 0.717) is 5.57 Å². The van der Waals surface area contributed by atoms with Crippen molar-refractivity contribution in [2.75, 3.05) is 51.3 Å². The average molecular weight is 683 g/mol. The van der Waals surface area contributed by atoms with Crippen molar-refractivity contribution < 1.29 is 14.6 Å². The van der Waals surface area contributed by atoms with Crippen molar-refractivity contribution in [2.45, 2.75) is 48.6 Å². The Kier molecular flexibility index (Phi) is 9.06. The smallest absolute Gasteiger partial charge is 0.333 e. The highest BCUT2D eigenvalue weighted by molar-refractivity contribution is 8.04. The molecule has 0 atom stereocenters. The first-order valence-electron chi connectivity index (χ1n) is 16.1. The summed E-state index contributed by atoms with van der Waals surface area (Å²) in [6.07, 6.45) is 6.36. The summed E-state index contributed by atoms with van der Waals surface area (Å²) in [5.74, 6) is -0.412. The van der Waals surface area contributed by atoms with Crippen LogP contribution in [0.3, 0.4) is 0 Å². The number of benzene rings is 3. The molecule has 9 nitrogen and oxygen atoms in total. The summed E-state index contributed by atoms with van der Waals surface area (Å²) >= 11 is 3.20. The number of aromatic nitrogens is 2. The highest BCUT2D eigenvalue weighted by atomic mass is 32.2. The average Bonchev–Trinajstić information content (AvgIpc) is 3.59. The molecule has 0 radical (unpaired) electrons. The second kappa shape index (κ2) is 13.4. The summed E-state index contributed by atoms with van der Waals surface area (Å²) in [6.45, 7) is 0.439. The summed E-state index contributed by atoms with van der Waals surface area (Å²) < 4.78 is 12.8. The molecule has 3 heterocycles. The van der Waals surface area contributed by atoms with E-state index in [0.717, 1.165) is 60.1 Å². The molecule has 7 rings (SSSR count). The number of anilines is 2. The van der Waals surface area contributed by atoms with E-state index >= 15 is 0 Å². The zero-order valence-electron chi connectivity index (χ0n) is 27.5. The number of methoxy groups -OCH3 is 2. The first-order chi connectivity index (χ1) is 23.3. The van der Waals surface area contributed by atoms with Gasteiger partial charge in [-0.1, -0.05) is 65.7 Å². The number of aryl methyl sites for hydroxylation is 1. The van der Waals surface area contributed by atoms with Crippen molar-refractivity contribution in [1.82, 2.24) is 9.13 Å². The zero-order chi connectivity index (χ0) is 33.5. The van der Waals surface area contributed by atoms with E-state index in [9.17, 15) is 14.7 Å². The lowest BCUT2D eigenvalue weighted by Gasteiger charge is -2.22. The minimum atomic E-state index is -0.618. The van der Waals surface area contributed by atoms with Crippen LogP contribution in [0.15, 0.2) is 89.8 Å². The van der Waals surface area contributed by atoms with Crippen LogP contribution < -0.4 is 21.0 Å². The standard InChI is InChI=1S/C37H38N4O5S2/c1-38-30(47-28-15-13-23-9-5-7-11-26(23)33(28)38)21-25(22-31-39(2)34-27-12-8-6-10-24(27)14-16-29(34)48-31)32-35(42)40(17-19-45-3)37(44)41(36(32)43)18-20-46-4/h5,7,9,11,13-16,21,42H,6,8,10,12,17-20H2,1-4H3. The van der Waals surface area contributed by atoms with Gasteiger partial charge in [-0.05, 0) is 60.4 Å². The molecule has 1 aliphatic carbocycles. The van der Waals surface area contributed by atoms with E-state index in [1.165, 1.54) is 42.0 Å². The number of aromatic hydroxyl groups is 1. The Morgan fingerprint density at radius 2 is 1.58 bits per heavy atom. The van der Waals surface area contributed by atoms with E-state index < -0.39 is 17.1 Å². The highest BCUT2D eigenvalue weighted by Gasteiger charge is 2.30. The predicted octanol–water partition coefficient (Wildman–Crippen LogP) is 6.19. The van der Waals surface area contributed by atoms with Crippen LogP contribution in [0.25, 0.3) is 16.3 Å². The molecule has 0 amide bonds. The third kappa shape index (κ3) is 5.59. The number of rotatable bonds is 8. The van der Waals surface area contributed by atoms with Crippen LogP contribution in [0.4, 0.5) is 11.4 Å². The van der Waals surface area contributed by atoms with E-state index in [2.05, 4.69) is 51.9 Å². The third-order valence-electron chi connectivity index (χ3n) is 9.27. The van der Waals surface area contributed by atoms with Gasteiger partial charge in [0.1, 0.15) is 10.6 Å². The first kappa shape index (κ1) is 32.4. The molecule has 0 saturated carbocycles. The van der Waals surface area contributed by atoms with Crippen molar-refractivity contribution in [1.29, 1.82) is 0 Å². The number of thioether (sulfide) groups is 2. The fourth-order valence-electron chi connectivity index (χ4n) is 6.80. The molecule has 0 unspecified atom stereocenters. The molecule has 1 N–H and O–H groups in total. The number of hydrogen-bond acceptors (Lipinski definition) is 9. The molecule has 1 aromatic heterocycles. The second-order valence-electron chi connectivity index (χ2n) is 12.1. The topological polar surface area (TPSA) is 89.2 Å². The van der Waals surface area contributed by atoms with Crippen LogP contribution in [0.1, 0.15) is 29.5 Å². The lowest BCUT2D eigenvalue weighted by molar-refractivity contribution is 0.174. The number of ether oxygens (including phenoxy) is 2. The Bertz CT molecular complexity index is 2160.